The summed E-state index contributed by atoms with van der Waals surface area (Å²) in [6.45, 7) is 4.42. The van der Waals surface area contributed by atoms with Crippen molar-refractivity contribution in [3.63, 3.8) is 0 Å². The fraction of sp³-hybridized carbons (Fsp3) is 0.185. The van der Waals surface area contributed by atoms with Crippen molar-refractivity contribution in [2.45, 2.75) is 31.8 Å². The summed E-state index contributed by atoms with van der Waals surface area (Å²) in [6, 6.07) is 27.3. The molecule has 4 aromatic rings. The quantitative estimate of drug-likeness (QED) is 0.378. The monoisotopic (exact) mass is 438 g/mol. The van der Waals surface area contributed by atoms with Crippen LogP contribution in [0.25, 0.3) is 5.69 Å². The molecule has 0 bridgehead atoms. The molecule has 1 aliphatic heterocycles. The molecule has 0 spiro atoms. The highest BCUT2D eigenvalue weighted by Gasteiger charge is 2.41. The summed E-state index contributed by atoms with van der Waals surface area (Å²) in [7, 11) is 0. The van der Waals surface area contributed by atoms with Crippen LogP contribution in [0.15, 0.2) is 97.5 Å². The van der Waals surface area contributed by atoms with Gasteiger partial charge in [0.2, 0.25) is 0 Å². The number of aromatic nitrogens is 2. The first-order valence-electron chi connectivity index (χ1n) is 11.0. The number of benzene rings is 2. The minimum atomic E-state index is -0.0416. The second-order valence-electron chi connectivity index (χ2n) is 8.43. The van der Waals surface area contributed by atoms with Crippen molar-refractivity contribution in [1.82, 2.24) is 14.9 Å². The van der Waals surface area contributed by atoms with Gasteiger partial charge in [-0.15, -0.1) is 0 Å². The predicted molar refractivity (Wildman–Crippen MR) is 134 cm³/mol. The molecule has 2 atom stereocenters. The minimum Gasteiger partial charge on any atom is -0.351 e. The molecule has 1 fully saturated rings. The van der Waals surface area contributed by atoms with Gasteiger partial charge < -0.3 is 14.8 Å². The van der Waals surface area contributed by atoms with E-state index in [1.54, 1.807) is 0 Å². The molecule has 5 heteroatoms. The van der Waals surface area contributed by atoms with Gasteiger partial charge in [0, 0.05) is 30.0 Å². The maximum atomic E-state index is 5.84. The third kappa shape index (κ3) is 3.80. The average Bonchev–Trinajstić information content (AvgIpc) is 3.45. The van der Waals surface area contributed by atoms with Gasteiger partial charge in [-0.3, -0.25) is 4.98 Å². The van der Waals surface area contributed by atoms with Crippen molar-refractivity contribution in [3.05, 3.63) is 114 Å². The van der Waals surface area contributed by atoms with Gasteiger partial charge in [-0.25, -0.2) is 0 Å². The van der Waals surface area contributed by atoms with Crippen LogP contribution in [0.4, 0.5) is 5.69 Å². The lowest BCUT2D eigenvalue weighted by Crippen LogP contribution is -2.29. The van der Waals surface area contributed by atoms with Crippen molar-refractivity contribution in [2.24, 2.45) is 0 Å². The van der Waals surface area contributed by atoms with E-state index in [4.69, 9.17) is 12.2 Å². The Kier molecular flexibility index (Phi) is 5.50. The maximum absolute atomic E-state index is 5.84. The molecule has 5 rings (SSSR count). The highest BCUT2D eigenvalue weighted by Crippen LogP contribution is 2.42. The molecule has 160 valence electrons. The van der Waals surface area contributed by atoms with Crippen molar-refractivity contribution in [2.75, 3.05) is 4.90 Å². The van der Waals surface area contributed by atoms with Gasteiger partial charge in [0.1, 0.15) is 0 Å². The van der Waals surface area contributed by atoms with E-state index in [0.29, 0.717) is 5.92 Å². The van der Waals surface area contributed by atoms with E-state index in [1.165, 1.54) is 11.1 Å². The number of nitrogens with one attached hydrogen (secondary N) is 1. The molecule has 0 saturated carbocycles. The van der Waals surface area contributed by atoms with Crippen LogP contribution in [0, 0.1) is 0 Å². The highest BCUT2D eigenvalue weighted by molar-refractivity contribution is 7.80. The Morgan fingerprint density at radius 2 is 1.62 bits per heavy atom. The second-order valence-corrected chi connectivity index (χ2v) is 8.82. The Morgan fingerprint density at radius 1 is 0.875 bits per heavy atom. The van der Waals surface area contributed by atoms with Gasteiger partial charge in [-0.2, -0.15) is 0 Å². The number of nitrogens with zero attached hydrogens (tertiary/aromatic N) is 3. The summed E-state index contributed by atoms with van der Waals surface area (Å²) in [4.78, 5) is 6.87. The van der Waals surface area contributed by atoms with Crippen LogP contribution >= 0.6 is 12.2 Å². The topological polar surface area (TPSA) is 33.1 Å². The standard InChI is InChI=1S/C27H26N4S/c1-19(2)20-11-13-23(14-12-20)31-26(25(29-27(31)32)24-10-6-7-16-28-24)21-15-17-30(18-21)22-8-4-3-5-9-22/h3-19,25-26H,1-2H3,(H,29,32)/t25-,26-/m1/s1. The second kappa shape index (κ2) is 8.60. The average molecular weight is 439 g/mol. The van der Waals surface area contributed by atoms with Crippen LogP contribution in [0.5, 0.6) is 0 Å². The number of rotatable bonds is 5. The lowest BCUT2D eigenvalue weighted by molar-refractivity contribution is 0.568. The normalized spacial score (nSPS) is 18.2. The van der Waals surface area contributed by atoms with E-state index < -0.39 is 0 Å². The number of hydrogen-bond donors (Lipinski definition) is 1. The van der Waals surface area contributed by atoms with Crippen LogP contribution in [-0.4, -0.2) is 14.7 Å². The molecule has 4 nitrogen and oxygen atoms in total. The summed E-state index contributed by atoms with van der Waals surface area (Å²) in [6.07, 6.45) is 6.15. The Bertz CT molecular complexity index is 1200. The summed E-state index contributed by atoms with van der Waals surface area (Å²) in [5.41, 5.74) is 5.70. The molecule has 0 amide bonds. The zero-order valence-electron chi connectivity index (χ0n) is 18.2. The Hall–Kier alpha value is -3.44. The highest BCUT2D eigenvalue weighted by atomic mass is 32.1. The molecule has 0 unspecified atom stereocenters. The number of para-hydroxylation sites is 1. The van der Waals surface area contributed by atoms with Gasteiger partial charge in [0.25, 0.3) is 0 Å². The maximum Gasteiger partial charge on any atom is 0.174 e. The first-order chi connectivity index (χ1) is 15.6. The molecule has 1 aliphatic rings. The molecule has 1 saturated heterocycles. The summed E-state index contributed by atoms with van der Waals surface area (Å²) < 4.78 is 2.16. The first kappa shape index (κ1) is 20.5. The van der Waals surface area contributed by atoms with Crippen LogP contribution in [0.3, 0.4) is 0 Å². The molecule has 2 aromatic heterocycles. The molecule has 2 aromatic carbocycles. The van der Waals surface area contributed by atoms with Crippen molar-refractivity contribution < 1.29 is 0 Å². The number of hydrogen-bond acceptors (Lipinski definition) is 2. The zero-order chi connectivity index (χ0) is 22.1. The Labute approximate surface area is 194 Å². The van der Waals surface area contributed by atoms with Crippen LogP contribution in [0.1, 0.15) is 48.7 Å². The van der Waals surface area contributed by atoms with Gasteiger partial charge in [0.15, 0.2) is 5.11 Å². The smallest absolute Gasteiger partial charge is 0.174 e. The van der Waals surface area contributed by atoms with E-state index in [1.807, 2.05) is 24.4 Å². The third-order valence-electron chi connectivity index (χ3n) is 6.05. The van der Waals surface area contributed by atoms with E-state index in [2.05, 4.69) is 107 Å². The fourth-order valence-electron chi connectivity index (χ4n) is 4.34. The van der Waals surface area contributed by atoms with E-state index >= 15 is 0 Å². The van der Waals surface area contributed by atoms with Crippen LogP contribution in [0.2, 0.25) is 0 Å². The fourth-order valence-corrected chi connectivity index (χ4v) is 4.69. The largest absolute Gasteiger partial charge is 0.351 e. The van der Waals surface area contributed by atoms with Crippen molar-refractivity contribution in [1.29, 1.82) is 0 Å². The minimum absolute atomic E-state index is 0.00716. The summed E-state index contributed by atoms with van der Waals surface area (Å²) in [5, 5.41) is 4.26. The van der Waals surface area contributed by atoms with E-state index in [-0.39, 0.29) is 12.1 Å². The number of thiocarbonyl (C=S) groups is 1. The molecule has 0 aliphatic carbocycles. The van der Waals surface area contributed by atoms with E-state index in [0.717, 1.165) is 22.2 Å². The van der Waals surface area contributed by atoms with Gasteiger partial charge in [0.05, 0.1) is 17.8 Å². The molecular weight excluding hydrogens is 412 g/mol. The van der Waals surface area contributed by atoms with E-state index in [9.17, 15) is 0 Å². The first-order valence-corrected chi connectivity index (χ1v) is 11.4. The Balaban J connectivity index is 1.58. The molecule has 0 radical (unpaired) electrons. The van der Waals surface area contributed by atoms with Gasteiger partial charge >= 0.3 is 0 Å². The third-order valence-corrected chi connectivity index (χ3v) is 6.36. The van der Waals surface area contributed by atoms with Crippen molar-refractivity contribution in [3.8, 4) is 5.69 Å². The Morgan fingerprint density at radius 3 is 2.31 bits per heavy atom. The molecular formula is C27H26N4S. The molecule has 1 N–H and O–H groups in total. The van der Waals surface area contributed by atoms with Crippen LogP contribution in [-0.2, 0) is 0 Å². The SMILES string of the molecule is CC(C)c1ccc(N2C(=S)N[C@H](c3ccccn3)[C@H]2c2ccn(-c3ccccc3)c2)cc1. The van der Waals surface area contributed by atoms with Gasteiger partial charge in [-0.05, 0) is 71.7 Å². The number of anilines is 1. The summed E-state index contributed by atoms with van der Waals surface area (Å²) >= 11 is 5.84. The van der Waals surface area contributed by atoms with Gasteiger partial charge in [-0.1, -0.05) is 50.2 Å². The summed E-state index contributed by atoms with van der Waals surface area (Å²) in [5.74, 6) is 0.490. The lowest BCUT2D eigenvalue weighted by atomic mass is 9.98. The van der Waals surface area contributed by atoms with Crippen molar-refractivity contribution >= 4 is 23.0 Å². The number of pyridine rings is 1. The molecule has 32 heavy (non-hydrogen) atoms. The zero-order valence-corrected chi connectivity index (χ0v) is 19.0. The molecule has 3 heterocycles. The van der Waals surface area contributed by atoms with Crippen LogP contribution < -0.4 is 10.2 Å². The predicted octanol–water partition coefficient (Wildman–Crippen LogP) is 6.17. The lowest BCUT2D eigenvalue weighted by Gasteiger charge is -2.27.